The molecule has 0 aliphatic carbocycles. The summed E-state index contributed by atoms with van der Waals surface area (Å²) in [7, 11) is 3.44. The van der Waals surface area contributed by atoms with Crippen LogP contribution in [0.1, 0.15) is 19.3 Å². The lowest BCUT2D eigenvalue weighted by Crippen LogP contribution is -2.40. The number of hydrogen-bond donors (Lipinski definition) is 1. The van der Waals surface area contributed by atoms with Crippen molar-refractivity contribution in [1.82, 2.24) is 19.5 Å². The van der Waals surface area contributed by atoms with Crippen molar-refractivity contribution in [3.63, 3.8) is 0 Å². The van der Waals surface area contributed by atoms with E-state index in [4.69, 9.17) is 14.2 Å². The third-order valence-corrected chi connectivity index (χ3v) is 5.61. The molecule has 0 radical (unpaired) electrons. The smallest absolute Gasteiger partial charge is 0.165 e. The molecule has 148 valence electrons. The van der Waals surface area contributed by atoms with Gasteiger partial charge in [-0.2, -0.15) is 0 Å². The second kappa shape index (κ2) is 7.67. The van der Waals surface area contributed by atoms with Gasteiger partial charge in [-0.05, 0) is 6.42 Å². The highest BCUT2D eigenvalue weighted by Gasteiger charge is 2.35. The molecule has 0 saturated carbocycles. The molecule has 1 N–H and O–H groups in total. The van der Waals surface area contributed by atoms with Crippen LogP contribution >= 0.6 is 0 Å². The number of ether oxygens (including phenoxy) is 3. The molecule has 2 aliphatic rings. The molecular formula is C18H27N5O4. The minimum Gasteiger partial charge on any atom is -0.388 e. The Balaban J connectivity index is 1.64. The maximum absolute atomic E-state index is 10.8. The molecule has 4 heterocycles. The van der Waals surface area contributed by atoms with E-state index in [1.165, 1.54) is 0 Å². The van der Waals surface area contributed by atoms with E-state index in [0.29, 0.717) is 39.2 Å². The molecule has 9 nitrogen and oxygen atoms in total. The molecule has 0 unspecified atom stereocenters. The molecule has 2 aromatic heterocycles. The predicted octanol–water partition coefficient (Wildman–Crippen LogP) is 0.608. The number of rotatable bonds is 6. The van der Waals surface area contributed by atoms with E-state index in [2.05, 4.69) is 19.9 Å². The Labute approximate surface area is 158 Å². The van der Waals surface area contributed by atoms with Crippen molar-refractivity contribution in [2.45, 2.75) is 43.6 Å². The minimum atomic E-state index is -0.787. The Morgan fingerprint density at radius 1 is 1.26 bits per heavy atom. The fraction of sp³-hybridized carbons (Fsp3) is 0.722. The van der Waals surface area contributed by atoms with Gasteiger partial charge in [-0.25, -0.2) is 15.0 Å². The van der Waals surface area contributed by atoms with Gasteiger partial charge in [0, 0.05) is 46.8 Å². The van der Waals surface area contributed by atoms with E-state index in [1.807, 2.05) is 4.57 Å². The molecule has 2 fully saturated rings. The number of methoxy groups -OCH3 is 2. The zero-order valence-electron chi connectivity index (χ0n) is 15.9. The second-order valence-electron chi connectivity index (χ2n) is 7.43. The van der Waals surface area contributed by atoms with Crippen LogP contribution in [0.15, 0.2) is 12.7 Å². The summed E-state index contributed by atoms with van der Waals surface area (Å²) in [4.78, 5) is 15.7. The fourth-order valence-electron chi connectivity index (χ4n) is 4.08. The number of nitrogens with zero attached hydrogens (tertiary/aromatic N) is 5. The fourth-order valence-corrected chi connectivity index (χ4v) is 4.08. The minimum absolute atomic E-state index is 0.139. The van der Waals surface area contributed by atoms with Crippen LogP contribution in [0.3, 0.4) is 0 Å². The first kappa shape index (κ1) is 18.5. The first-order valence-electron chi connectivity index (χ1n) is 9.38. The normalized spacial score (nSPS) is 25.4. The van der Waals surface area contributed by atoms with Crippen molar-refractivity contribution in [1.29, 1.82) is 0 Å². The van der Waals surface area contributed by atoms with Gasteiger partial charge in [0.05, 0.1) is 37.2 Å². The lowest BCUT2D eigenvalue weighted by Gasteiger charge is -2.32. The van der Waals surface area contributed by atoms with Crippen LogP contribution in [-0.4, -0.2) is 83.0 Å². The van der Waals surface area contributed by atoms with Gasteiger partial charge in [-0.3, -0.25) is 0 Å². The van der Waals surface area contributed by atoms with Gasteiger partial charge in [-0.1, -0.05) is 0 Å². The average Bonchev–Trinajstić information content (AvgIpc) is 3.26. The van der Waals surface area contributed by atoms with Crippen molar-refractivity contribution in [3.8, 4) is 0 Å². The summed E-state index contributed by atoms with van der Waals surface area (Å²) in [6.45, 7) is 2.95. The summed E-state index contributed by atoms with van der Waals surface area (Å²) < 4.78 is 18.2. The molecule has 27 heavy (non-hydrogen) atoms. The summed E-state index contributed by atoms with van der Waals surface area (Å²) in [6.07, 6.45) is 5.56. The largest absolute Gasteiger partial charge is 0.388 e. The van der Waals surface area contributed by atoms with Gasteiger partial charge in [0.25, 0.3) is 0 Å². The molecule has 0 amide bonds. The molecule has 4 rings (SSSR count). The molecule has 0 bridgehead atoms. The Morgan fingerprint density at radius 2 is 2.07 bits per heavy atom. The van der Waals surface area contributed by atoms with Gasteiger partial charge >= 0.3 is 0 Å². The van der Waals surface area contributed by atoms with E-state index in [9.17, 15) is 5.11 Å². The Bertz CT molecular complexity index is 776. The molecule has 0 spiro atoms. The third-order valence-electron chi connectivity index (χ3n) is 5.61. The Kier molecular flexibility index (Phi) is 5.27. The standard InChI is InChI=1S/C18H27N5O4/c1-25-9-13-7-14(26-2)8-23(13)17-15-16(19-11-20-17)22(12-21-15)10-18(24)3-5-27-6-4-18/h11-14,24H,3-10H2,1-2H3/t13-,14+/m0/s1. The molecule has 0 aromatic carbocycles. The highest BCUT2D eigenvalue weighted by atomic mass is 16.5. The molecule has 2 saturated heterocycles. The van der Waals surface area contributed by atoms with Crippen LogP contribution in [-0.2, 0) is 20.8 Å². The molecule has 2 aliphatic heterocycles. The average molecular weight is 377 g/mol. The van der Waals surface area contributed by atoms with Crippen molar-refractivity contribution in [3.05, 3.63) is 12.7 Å². The highest BCUT2D eigenvalue weighted by Crippen LogP contribution is 2.31. The van der Waals surface area contributed by atoms with Crippen LogP contribution in [0.25, 0.3) is 11.2 Å². The quantitative estimate of drug-likeness (QED) is 0.782. The van der Waals surface area contributed by atoms with Crippen LogP contribution in [0.5, 0.6) is 0 Å². The summed E-state index contributed by atoms with van der Waals surface area (Å²) in [6, 6.07) is 0.183. The van der Waals surface area contributed by atoms with Crippen molar-refractivity contribution < 1.29 is 19.3 Å². The monoisotopic (exact) mass is 377 g/mol. The van der Waals surface area contributed by atoms with Crippen molar-refractivity contribution >= 4 is 17.0 Å². The maximum Gasteiger partial charge on any atom is 0.165 e. The van der Waals surface area contributed by atoms with E-state index in [0.717, 1.165) is 29.9 Å². The molecule has 2 atom stereocenters. The van der Waals surface area contributed by atoms with E-state index in [1.54, 1.807) is 26.9 Å². The van der Waals surface area contributed by atoms with Crippen molar-refractivity contribution in [2.75, 3.05) is 45.5 Å². The molecule has 2 aromatic rings. The lowest BCUT2D eigenvalue weighted by molar-refractivity contribution is -0.0723. The van der Waals surface area contributed by atoms with E-state index < -0.39 is 5.60 Å². The van der Waals surface area contributed by atoms with Crippen molar-refractivity contribution in [2.24, 2.45) is 0 Å². The molecule has 9 heteroatoms. The lowest BCUT2D eigenvalue weighted by atomic mass is 9.94. The SMILES string of the molecule is COC[C@@H]1C[C@@H](OC)CN1c1ncnc2c1ncn2CC1(O)CCOCC1. The number of fused-ring (bicyclic) bond motifs is 1. The van der Waals surface area contributed by atoms with Gasteiger partial charge in [0.1, 0.15) is 6.33 Å². The first-order valence-corrected chi connectivity index (χ1v) is 9.38. The summed E-state index contributed by atoms with van der Waals surface area (Å²) in [5.41, 5.74) is 0.688. The number of imidazole rings is 1. The second-order valence-corrected chi connectivity index (χ2v) is 7.43. The summed E-state index contributed by atoms with van der Waals surface area (Å²) in [5.74, 6) is 0.791. The number of anilines is 1. The van der Waals surface area contributed by atoms with E-state index in [-0.39, 0.29) is 12.1 Å². The summed E-state index contributed by atoms with van der Waals surface area (Å²) in [5, 5.41) is 10.8. The Morgan fingerprint density at radius 3 is 2.81 bits per heavy atom. The third kappa shape index (κ3) is 3.64. The maximum atomic E-state index is 10.8. The number of hydrogen-bond acceptors (Lipinski definition) is 8. The van der Waals surface area contributed by atoms with Crippen LogP contribution < -0.4 is 4.90 Å². The van der Waals surface area contributed by atoms with Crippen LogP contribution in [0.2, 0.25) is 0 Å². The van der Waals surface area contributed by atoms with Gasteiger partial charge in [0.15, 0.2) is 17.0 Å². The van der Waals surface area contributed by atoms with Gasteiger partial charge in [0.2, 0.25) is 0 Å². The Hall–Kier alpha value is -1.81. The topological polar surface area (TPSA) is 94.8 Å². The van der Waals surface area contributed by atoms with Crippen LogP contribution in [0, 0.1) is 0 Å². The zero-order valence-corrected chi connectivity index (χ0v) is 15.9. The first-order chi connectivity index (χ1) is 13.1. The number of aromatic nitrogens is 4. The van der Waals surface area contributed by atoms with Gasteiger partial charge < -0.3 is 28.8 Å². The van der Waals surface area contributed by atoms with E-state index >= 15 is 0 Å². The molecular weight excluding hydrogens is 350 g/mol. The van der Waals surface area contributed by atoms with Crippen LogP contribution in [0.4, 0.5) is 5.82 Å². The zero-order chi connectivity index (χ0) is 18.9. The number of aliphatic hydroxyl groups is 1. The summed E-state index contributed by atoms with van der Waals surface area (Å²) >= 11 is 0. The van der Waals surface area contributed by atoms with Gasteiger partial charge in [-0.15, -0.1) is 0 Å². The highest BCUT2D eigenvalue weighted by molar-refractivity contribution is 5.83. The predicted molar refractivity (Wildman–Crippen MR) is 98.7 cm³/mol.